The van der Waals surface area contributed by atoms with Crippen molar-refractivity contribution in [2.24, 2.45) is 5.92 Å². The Labute approximate surface area is 144 Å². The van der Waals surface area contributed by atoms with Crippen molar-refractivity contribution < 1.29 is 0 Å². The van der Waals surface area contributed by atoms with E-state index >= 15 is 0 Å². The lowest BCUT2D eigenvalue weighted by atomic mass is 9.88. The summed E-state index contributed by atoms with van der Waals surface area (Å²) in [5.74, 6) is 0.573. The molecule has 0 amide bonds. The normalized spacial score (nSPS) is 19.7. The van der Waals surface area contributed by atoms with E-state index in [0.717, 1.165) is 11.6 Å². The number of fused-ring (bicyclic) bond motifs is 1. The molecular weight excluding hydrogens is 302 g/mol. The van der Waals surface area contributed by atoms with Crippen molar-refractivity contribution in [2.75, 3.05) is 20.6 Å². The number of benzene rings is 2. The molecule has 1 aliphatic rings. The molecule has 0 fully saturated rings. The largest absolute Gasteiger partial charge is 0.309 e. The predicted molar refractivity (Wildman–Crippen MR) is 101 cm³/mol. The number of halogens is 1. The van der Waals surface area contributed by atoms with Gasteiger partial charge in [-0.2, -0.15) is 0 Å². The van der Waals surface area contributed by atoms with Gasteiger partial charge in [0.2, 0.25) is 0 Å². The number of nitrogens with zero attached hydrogens (tertiary/aromatic N) is 1. The molecule has 0 N–H and O–H groups in total. The molecule has 3 rings (SSSR count). The van der Waals surface area contributed by atoms with E-state index in [2.05, 4.69) is 61.5 Å². The Balaban J connectivity index is 2.06. The molecule has 2 heteroatoms. The molecule has 0 spiro atoms. The summed E-state index contributed by atoms with van der Waals surface area (Å²) >= 11 is 6.03. The van der Waals surface area contributed by atoms with Gasteiger partial charge in [-0.3, -0.25) is 0 Å². The van der Waals surface area contributed by atoms with Crippen LogP contribution in [0, 0.1) is 5.92 Å². The number of hydrogen-bond donors (Lipinski definition) is 0. The fraction of sp³-hybridized carbons (Fsp3) is 0.333. The number of hydrogen-bond acceptors (Lipinski definition) is 1. The Hall–Kier alpha value is -1.57. The molecule has 2 aromatic carbocycles. The van der Waals surface area contributed by atoms with Gasteiger partial charge in [-0.15, -0.1) is 0 Å². The molecule has 0 aromatic heterocycles. The van der Waals surface area contributed by atoms with Crippen molar-refractivity contribution in [3.8, 4) is 0 Å². The van der Waals surface area contributed by atoms with Crippen molar-refractivity contribution >= 4 is 23.3 Å². The molecule has 0 heterocycles. The summed E-state index contributed by atoms with van der Waals surface area (Å²) in [5.41, 5.74) is 5.60. The third-order valence-electron chi connectivity index (χ3n) is 4.54. The van der Waals surface area contributed by atoms with Gasteiger partial charge in [-0.05, 0) is 73.7 Å². The van der Waals surface area contributed by atoms with E-state index in [1.165, 1.54) is 41.5 Å². The Morgan fingerprint density at radius 3 is 2.57 bits per heavy atom. The van der Waals surface area contributed by atoms with Crippen molar-refractivity contribution in [2.45, 2.75) is 19.3 Å². The van der Waals surface area contributed by atoms with E-state index in [1.54, 1.807) is 0 Å². The molecule has 1 unspecified atom stereocenters. The van der Waals surface area contributed by atoms with Crippen LogP contribution >= 0.6 is 11.6 Å². The van der Waals surface area contributed by atoms with Crippen LogP contribution in [0.25, 0.3) is 11.6 Å². The van der Waals surface area contributed by atoms with Crippen LogP contribution in [0.2, 0.25) is 5.02 Å². The van der Waals surface area contributed by atoms with Gasteiger partial charge in [0.15, 0.2) is 0 Å². The standard InChI is InChI=1S/C21H24ClN/c1-23(2)15-18-8-5-7-17-6-3-4-9-20(17)21(18)14-16-10-12-19(22)13-11-16/h3-4,6,9-14,18H,5,7-8,15H2,1-2H3/b21-14-. The minimum atomic E-state index is 0.573. The number of aryl methyl sites for hydroxylation is 1. The first-order chi connectivity index (χ1) is 11.1. The van der Waals surface area contributed by atoms with Crippen LogP contribution in [0.1, 0.15) is 29.5 Å². The maximum absolute atomic E-state index is 6.03. The van der Waals surface area contributed by atoms with Crippen LogP contribution in [0.3, 0.4) is 0 Å². The van der Waals surface area contributed by atoms with Gasteiger partial charge in [-0.1, -0.05) is 54.1 Å². The summed E-state index contributed by atoms with van der Waals surface area (Å²) < 4.78 is 0. The van der Waals surface area contributed by atoms with Crippen LogP contribution < -0.4 is 0 Å². The SMILES string of the molecule is CN(C)CC1CCCc2ccccc2/C1=C\c1ccc(Cl)cc1. The van der Waals surface area contributed by atoms with Crippen LogP contribution in [-0.2, 0) is 6.42 Å². The predicted octanol–water partition coefficient (Wildman–Crippen LogP) is 5.39. The topological polar surface area (TPSA) is 3.24 Å². The van der Waals surface area contributed by atoms with E-state index in [4.69, 9.17) is 11.6 Å². The van der Waals surface area contributed by atoms with Gasteiger partial charge in [0.1, 0.15) is 0 Å². The molecular formula is C21H24ClN. The lowest BCUT2D eigenvalue weighted by molar-refractivity contribution is 0.353. The minimum Gasteiger partial charge on any atom is -0.309 e. The third kappa shape index (κ3) is 4.04. The lowest BCUT2D eigenvalue weighted by Gasteiger charge is -2.23. The van der Waals surface area contributed by atoms with Crippen molar-refractivity contribution in [1.29, 1.82) is 0 Å². The van der Waals surface area contributed by atoms with E-state index in [-0.39, 0.29) is 0 Å². The van der Waals surface area contributed by atoms with E-state index in [1.807, 2.05) is 12.1 Å². The second-order valence-electron chi connectivity index (χ2n) is 6.66. The maximum Gasteiger partial charge on any atom is 0.0406 e. The highest BCUT2D eigenvalue weighted by Crippen LogP contribution is 2.36. The van der Waals surface area contributed by atoms with Crippen LogP contribution in [0.5, 0.6) is 0 Å². The fourth-order valence-electron chi connectivity index (χ4n) is 3.50. The second-order valence-corrected chi connectivity index (χ2v) is 7.10. The zero-order chi connectivity index (χ0) is 16.2. The van der Waals surface area contributed by atoms with Crippen LogP contribution in [-0.4, -0.2) is 25.5 Å². The summed E-state index contributed by atoms with van der Waals surface area (Å²) in [6.45, 7) is 1.09. The van der Waals surface area contributed by atoms with Crippen molar-refractivity contribution in [3.05, 3.63) is 70.2 Å². The Morgan fingerprint density at radius 1 is 1.09 bits per heavy atom. The monoisotopic (exact) mass is 325 g/mol. The molecule has 23 heavy (non-hydrogen) atoms. The molecule has 0 bridgehead atoms. The van der Waals surface area contributed by atoms with E-state index < -0.39 is 0 Å². The Morgan fingerprint density at radius 2 is 1.83 bits per heavy atom. The van der Waals surface area contributed by atoms with Crippen molar-refractivity contribution in [1.82, 2.24) is 4.90 Å². The third-order valence-corrected chi connectivity index (χ3v) is 4.80. The maximum atomic E-state index is 6.03. The quantitative estimate of drug-likeness (QED) is 0.683. The highest BCUT2D eigenvalue weighted by molar-refractivity contribution is 6.30. The first-order valence-electron chi connectivity index (χ1n) is 8.33. The average Bonchev–Trinajstić information content (AvgIpc) is 2.69. The Kier molecular flexibility index (Phi) is 5.20. The van der Waals surface area contributed by atoms with Gasteiger partial charge < -0.3 is 4.90 Å². The zero-order valence-corrected chi connectivity index (χ0v) is 14.7. The number of rotatable bonds is 3. The summed E-state index contributed by atoms with van der Waals surface area (Å²) in [5, 5.41) is 0.790. The Bertz CT molecular complexity index is 685. The van der Waals surface area contributed by atoms with E-state index in [0.29, 0.717) is 5.92 Å². The summed E-state index contributed by atoms with van der Waals surface area (Å²) in [4.78, 5) is 2.30. The summed E-state index contributed by atoms with van der Waals surface area (Å²) in [6, 6.07) is 17.0. The summed E-state index contributed by atoms with van der Waals surface area (Å²) in [7, 11) is 4.33. The molecule has 2 aromatic rings. The molecule has 0 saturated carbocycles. The minimum absolute atomic E-state index is 0.573. The smallest absolute Gasteiger partial charge is 0.0406 e. The highest BCUT2D eigenvalue weighted by atomic mass is 35.5. The van der Waals surface area contributed by atoms with Crippen molar-refractivity contribution in [3.63, 3.8) is 0 Å². The first-order valence-corrected chi connectivity index (χ1v) is 8.71. The molecule has 0 radical (unpaired) electrons. The van der Waals surface area contributed by atoms with Gasteiger partial charge in [-0.25, -0.2) is 0 Å². The van der Waals surface area contributed by atoms with Gasteiger partial charge in [0.05, 0.1) is 0 Å². The molecule has 1 atom stereocenters. The zero-order valence-electron chi connectivity index (χ0n) is 13.9. The van der Waals surface area contributed by atoms with Crippen LogP contribution in [0.15, 0.2) is 48.5 Å². The first kappa shape index (κ1) is 16.3. The summed E-state index contributed by atoms with van der Waals surface area (Å²) in [6.07, 6.45) is 6.03. The second kappa shape index (κ2) is 7.33. The highest BCUT2D eigenvalue weighted by Gasteiger charge is 2.22. The molecule has 0 aliphatic heterocycles. The molecule has 1 nitrogen and oxygen atoms in total. The lowest BCUT2D eigenvalue weighted by Crippen LogP contribution is -2.22. The molecule has 0 saturated heterocycles. The van der Waals surface area contributed by atoms with E-state index in [9.17, 15) is 0 Å². The van der Waals surface area contributed by atoms with Gasteiger partial charge >= 0.3 is 0 Å². The van der Waals surface area contributed by atoms with Crippen LogP contribution in [0.4, 0.5) is 0 Å². The molecule has 120 valence electrons. The van der Waals surface area contributed by atoms with Gasteiger partial charge in [0.25, 0.3) is 0 Å². The average molecular weight is 326 g/mol. The fourth-order valence-corrected chi connectivity index (χ4v) is 3.62. The molecule has 1 aliphatic carbocycles. The van der Waals surface area contributed by atoms with Gasteiger partial charge in [0, 0.05) is 11.6 Å².